The second-order valence-electron chi connectivity index (χ2n) is 10.6. The minimum atomic E-state index is -2.46. The average Bonchev–Trinajstić information content (AvgIpc) is 3.46. The molecule has 2 aliphatic rings. The van der Waals surface area contributed by atoms with E-state index in [1.807, 2.05) is 24.3 Å². The molecule has 0 amide bonds. The van der Waals surface area contributed by atoms with Crippen LogP contribution in [-0.4, -0.2) is 79.3 Å². The van der Waals surface area contributed by atoms with Gasteiger partial charge in [-0.1, -0.05) is 29.8 Å². The summed E-state index contributed by atoms with van der Waals surface area (Å²) >= 11 is 6.56. The summed E-state index contributed by atoms with van der Waals surface area (Å²) in [5.41, 5.74) is 1.56. The third kappa shape index (κ3) is 8.26. The Bertz CT molecular complexity index is 1360. The number of esters is 4. The number of hydrogen-bond donors (Lipinski definition) is 1. The van der Waals surface area contributed by atoms with Gasteiger partial charge in [-0.3, -0.25) is 19.2 Å². The Kier molecular flexibility index (Phi) is 10.8. The van der Waals surface area contributed by atoms with Crippen LogP contribution in [-0.2, 0) is 59.8 Å². The molecule has 44 heavy (non-hydrogen) atoms. The fourth-order valence-electron chi connectivity index (χ4n) is 5.15. The van der Waals surface area contributed by atoms with E-state index in [1.54, 1.807) is 6.07 Å². The molecule has 0 spiro atoms. The second-order valence-corrected chi connectivity index (χ2v) is 11.0. The van der Waals surface area contributed by atoms with Crippen molar-refractivity contribution in [1.82, 2.24) is 0 Å². The van der Waals surface area contributed by atoms with Gasteiger partial charge >= 0.3 is 23.9 Å². The van der Waals surface area contributed by atoms with Crippen LogP contribution in [0.25, 0.3) is 0 Å². The fraction of sp³-hybridized carbons (Fsp3) is 0.484. The quantitative estimate of drug-likeness (QED) is 0.302. The number of aliphatic hydroxyl groups is 1. The first-order chi connectivity index (χ1) is 20.9. The van der Waals surface area contributed by atoms with Crippen molar-refractivity contribution in [2.45, 2.75) is 76.8 Å². The van der Waals surface area contributed by atoms with Crippen molar-refractivity contribution in [3.63, 3.8) is 0 Å². The van der Waals surface area contributed by atoms with Crippen molar-refractivity contribution in [3.05, 3.63) is 64.2 Å². The second kappa shape index (κ2) is 14.4. The van der Waals surface area contributed by atoms with Gasteiger partial charge in [0.05, 0.1) is 13.2 Å². The molecule has 2 aliphatic heterocycles. The van der Waals surface area contributed by atoms with E-state index in [1.165, 1.54) is 12.1 Å². The molecule has 12 nitrogen and oxygen atoms in total. The van der Waals surface area contributed by atoms with Crippen LogP contribution < -0.4 is 4.74 Å². The number of carbonyl (C=O) groups is 4. The van der Waals surface area contributed by atoms with Crippen LogP contribution in [0, 0.1) is 0 Å². The zero-order valence-electron chi connectivity index (χ0n) is 24.8. The number of ether oxygens (including phenoxy) is 7. The minimum absolute atomic E-state index is 0.00862. The van der Waals surface area contributed by atoms with Gasteiger partial charge in [-0.25, -0.2) is 0 Å². The smallest absolute Gasteiger partial charge is 0.303 e. The minimum Gasteiger partial charge on any atom is -0.488 e. The monoisotopic (exact) mass is 634 g/mol. The maximum atomic E-state index is 12.2. The Balaban J connectivity index is 1.70. The number of rotatable bonds is 10. The number of hydrogen-bond acceptors (Lipinski definition) is 12. The lowest BCUT2D eigenvalue weighted by Crippen LogP contribution is -2.66. The van der Waals surface area contributed by atoms with E-state index in [0.29, 0.717) is 36.0 Å². The van der Waals surface area contributed by atoms with Crippen molar-refractivity contribution in [3.8, 4) is 5.75 Å². The number of carbonyl (C=O) groups excluding carboxylic acids is 4. The highest BCUT2D eigenvalue weighted by molar-refractivity contribution is 6.31. The topological polar surface area (TPSA) is 153 Å². The highest BCUT2D eigenvalue weighted by Gasteiger charge is 2.60. The molecule has 0 unspecified atom stereocenters. The van der Waals surface area contributed by atoms with Gasteiger partial charge in [-0.15, -0.1) is 0 Å². The van der Waals surface area contributed by atoms with E-state index >= 15 is 0 Å². The van der Waals surface area contributed by atoms with E-state index in [9.17, 15) is 24.3 Å². The van der Waals surface area contributed by atoms with Gasteiger partial charge in [0, 0.05) is 44.7 Å². The summed E-state index contributed by atoms with van der Waals surface area (Å²) in [5, 5.41) is 12.5. The SMILES string of the molecule is CC(=O)OC[C@H]1O[C@](O)(c2ccc(Cl)c(Cc3ccc(O[C@@H]4CCOC4)cc3)c2)[C@H](OC(C)=O)[C@@H](OC(C)=O)[C@@H]1OC(C)=O. The van der Waals surface area contributed by atoms with Gasteiger partial charge in [0.1, 0.15) is 24.6 Å². The summed E-state index contributed by atoms with van der Waals surface area (Å²) in [4.78, 5) is 48.1. The first-order valence-electron chi connectivity index (χ1n) is 14.0. The Morgan fingerprint density at radius 2 is 1.57 bits per heavy atom. The molecule has 2 aromatic rings. The largest absolute Gasteiger partial charge is 0.488 e. The molecule has 2 aromatic carbocycles. The molecule has 2 heterocycles. The van der Waals surface area contributed by atoms with Crippen LogP contribution >= 0.6 is 11.6 Å². The normalized spacial score (nSPS) is 26.4. The molecule has 0 aliphatic carbocycles. The molecule has 0 radical (unpaired) electrons. The zero-order chi connectivity index (χ0) is 32.0. The van der Waals surface area contributed by atoms with E-state index in [0.717, 1.165) is 39.7 Å². The molecule has 0 saturated carbocycles. The summed E-state index contributed by atoms with van der Waals surface area (Å²) < 4.78 is 38.8. The van der Waals surface area contributed by atoms with Crippen molar-refractivity contribution in [1.29, 1.82) is 0 Å². The predicted molar refractivity (Wildman–Crippen MR) is 153 cm³/mol. The summed E-state index contributed by atoms with van der Waals surface area (Å²) in [6.07, 6.45) is -4.82. The lowest BCUT2D eigenvalue weighted by molar-refractivity contribution is -0.360. The van der Waals surface area contributed by atoms with Gasteiger partial charge < -0.3 is 38.3 Å². The molecule has 1 N–H and O–H groups in total. The highest BCUT2D eigenvalue weighted by Crippen LogP contribution is 2.42. The highest BCUT2D eigenvalue weighted by atomic mass is 35.5. The van der Waals surface area contributed by atoms with Gasteiger partial charge in [0.25, 0.3) is 0 Å². The van der Waals surface area contributed by atoms with Crippen molar-refractivity contribution in [2.24, 2.45) is 0 Å². The molecule has 4 rings (SSSR count). The van der Waals surface area contributed by atoms with Gasteiger partial charge in [0.2, 0.25) is 11.9 Å². The Hall–Kier alpha value is -3.71. The predicted octanol–water partition coefficient (Wildman–Crippen LogP) is 3.00. The number of halogens is 1. The Labute approximate surface area is 259 Å². The third-order valence-electron chi connectivity index (χ3n) is 7.02. The van der Waals surface area contributed by atoms with Crippen LogP contribution in [0.3, 0.4) is 0 Å². The molecule has 2 saturated heterocycles. The van der Waals surface area contributed by atoms with Gasteiger partial charge in [-0.05, 0) is 41.8 Å². The van der Waals surface area contributed by atoms with Crippen LogP contribution in [0.2, 0.25) is 5.02 Å². The van der Waals surface area contributed by atoms with Crippen LogP contribution in [0.1, 0.15) is 50.8 Å². The summed E-state index contributed by atoms with van der Waals surface area (Å²) in [6, 6.07) is 12.0. The first-order valence-corrected chi connectivity index (χ1v) is 14.4. The summed E-state index contributed by atoms with van der Waals surface area (Å²) in [6.45, 7) is 5.20. The summed E-state index contributed by atoms with van der Waals surface area (Å²) in [5.74, 6) is -4.87. The van der Waals surface area contributed by atoms with E-state index in [4.69, 9.17) is 44.8 Å². The maximum Gasteiger partial charge on any atom is 0.303 e. The molecule has 238 valence electrons. The molecule has 2 fully saturated rings. The Morgan fingerprint density at radius 1 is 0.909 bits per heavy atom. The van der Waals surface area contributed by atoms with E-state index in [-0.39, 0.29) is 11.7 Å². The van der Waals surface area contributed by atoms with Crippen LogP contribution in [0.4, 0.5) is 0 Å². The molecule has 6 atom stereocenters. The fourth-order valence-corrected chi connectivity index (χ4v) is 5.33. The van der Waals surface area contributed by atoms with Crippen LogP contribution in [0.15, 0.2) is 42.5 Å². The van der Waals surface area contributed by atoms with Crippen molar-refractivity contribution < 1.29 is 57.4 Å². The summed E-state index contributed by atoms with van der Waals surface area (Å²) in [7, 11) is 0. The van der Waals surface area contributed by atoms with E-state index in [2.05, 4.69) is 0 Å². The zero-order valence-corrected chi connectivity index (χ0v) is 25.5. The molecule has 13 heteroatoms. The lowest BCUT2D eigenvalue weighted by atomic mass is 9.86. The van der Waals surface area contributed by atoms with Crippen molar-refractivity contribution >= 4 is 35.5 Å². The Morgan fingerprint density at radius 3 is 2.16 bits per heavy atom. The molecular weight excluding hydrogens is 600 g/mol. The lowest BCUT2D eigenvalue weighted by Gasteiger charge is -2.48. The average molecular weight is 635 g/mol. The third-order valence-corrected chi connectivity index (χ3v) is 7.39. The first kappa shape index (κ1) is 33.2. The molecule has 0 aromatic heterocycles. The standard InChI is InChI=1S/C31H35ClO12/c1-17(33)39-16-27-28(40-18(2)34)29(41-19(3)35)30(42-20(4)36)31(37,44-27)23-7-10-26(32)22(14-23)13-21-5-8-24(9-6-21)43-25-11-12-38-15-25/h5-10,14,25,27-30,37H,11-13,15-16H2,1-4H3/t25-,27-,28-,29+,30-,31-/m1/s1. The molecular formula is C31H35ClO12. The van der Waals surface area contributed by atoms with Crippen LogP contribution in [0.5, 0.6) is 5.75 Å². The van der Waals surface area contributed by atoms with Gasteiger partial charge in [0.15, 0.2) is 12.2 Å². The maximum absolute atomic E-state index is 12.2. The van der Waals surface area contributed by atoms with Gasteiger partial charge in [-0.2, -0.15) is 0 Å². The van der Waals surface area contributed by atoms with E-state index < -0.39 is 60.7 Å². The van der Waals surface area contributed by atoms with Crippen molar-refractivity contribution in [2.75, 3.05) is 19.8 Å². The molecule has 0 bridgehead atoms. The number of benzene rings is 2.